The van der Waals surface area contributed by atoms with Crippen molar-refractivity contribution in [3.63, 3.8) is 0 Å². The maximum atomic E-state index is 13.1. The van der Waals surface area contributed by atoms with Crippen LogP contribution in [0.2, 0.25) is 0 Å². The van der Waals surface area contributed by atoms with Gasteiger partial charge >= 0.3 is 0 Å². The van der Waals surface area contributed by atoms with Crippen LogP contribution in [-0.2, 0) is 5.33 Å². The first-order valence-corrected chi connectivity index (χ1v) is 6.15. The first-order valence-electron chi connectivity index (χ1n) is 5.03. The van der Waals surface area contributed by atoms with Gasteiger partial charge in [-0.1, -0.05) is 22.0 Å². The van der Waals surface area contributed by atoms with E-state index >= 15 is 0 Å². The van der Waals surface area contributed by atoms with Crippen molar-refractivity contribution in [3.05, 3.63) is 57.8 Å². The van der Waals surface area contributed by atoms with E-state index in [-0.39, 0.29) is 11.2 Å². The molecule has 0 radical (unpaired) electrons. The van der Waals surface area contributed by atoms with Crippen molar-refractivity contribution in [2.24, 2.45) is 0 Å². The summed E-state index contributed by atoms with van der Waals surface area (Å²) >= 11 is 3.20. The predicted octanol–water partition coefficient (Wildman–Crippen LogP) is 2.57. The van der Waals surface area contributed by atoms with Crippen LogP contribution in [0.15, 0.2) is 35.1 Å². The van der Waals surface area contributed by atoms with Gasteiger partial charge in [-0.2, -0.15) is 5.10 Å². The summed E-state index contributed by atoms with van der Waals surface area (Å²) in [6.45, 7) is 1.76. The van der Waals surface area contributed by atoms with Crippen molar-refractivity contribution >= 4 is 15.9 Å². The molecule has 1 aromatic carbocycles. The summed E-state index contributed by atoms with van der Waals surface area (Å²) in [5.41, 5.74) is 1.56. The fourth-order valence-electron chi connectivity index (χ4n) is 1.54. The minimum atomic E-state index is -0.331. The van der Waals surface area contributed by atoms with Gasteiger partial charge in [0.2, 0.25) is 5.43 Å². The smallest absolute Gasteiger partial charge is 0.204 e. The normalized spacial score (nSPS) is 10.5. The van der Waals surface area contributed by atoms with Gasteiger partial charge in [-0.15, -0.1) is 0 Å². The van der Waals surface area contributed by atoms with E-state index in [0.29, 0.717) is 22.4 Å². The lowest BCUT2D eigenvalue weighted by molar-refractivity contribution is 0.624. The molecule has 5 heteroatoms. The van der Waals surface area contributed by atoms with E-state index in [9.17, 15) is 9.18 Å². The quantitative estimate of drug-likeness (QED) is 0.799. The maximum absolute atomic E-state index is 13.1. The predicted molar refractivity (Wildman–Crippen MR) is 67.2 cm³/mol. The zero-order valence-electron chi connectivity index (χ0n) is 9.15. The molecule has 0 spiro atoms. The van der Waals surface area contributed by atoms with Crippen molar-refractivity contribution in [2.75, 3.05) is 0 Å². The highest BCUT2D eigenvalue weighted by molar-refractivity contribution is 9.08. The van der Waals surface area contributed by atoms with Gasteiger partial charge in [0.1, 0.15) is 11.5 Å². The van der Waals surface area contributed by atoms with Crippen molar-refractivity contribution < 1.29 is 4.39 Å². The molecular weight excluding hydrogens is 287 g/mol. The molecule has 0 unspecified atom stereocenters. The third-order valence-electron chi connectivity index (χ3n) is 2.36. The molecule has 0 saturated carbocycles. The number of hydrogen-bond donors (Lipinski definition) is 0. The number of benzene rings is 1. The summed E-state index contributed by atoms with van der Waals surface area (Å²) in [4.78, 5) is 11.5. The van der Waals surface area contributed by atoms with Crippen LogP contribution in [0.5, 0.6) is 0 Å². The average molecular weight is 297 g/mol. The Hall–Kier alpha value is -1.49. The van der Waals surface area contributed by atoms with Gasteiger partial charge in [0.15, 0.2) is 0 Å². The molecule has 1 heterocycles. The molecule has 2 rings (SSSR count). The topological polar surface area (TPSA) is 34.9 Å². The summed E-state index contributed by atoms with van der Waals surface area (Å²) in [6.07, 6.45) is 0. The van der Waals surface area contributed by atoms with Gasteiger partial charge in [-0.05, 0) is 25.1 Å². The summed E-state index contributed by atoms with van der Waals surface area (Å²) in [5, 5.41) is 4.57. The van der Waals surface area contributed by atoms with E-state index in [0.717, 1.165) is 0 Å². The molecule has 0 saturated heterocycles. The van der Waals surface area contributed by atoms with Crippen LogP contribution >= 0.6 is 15.9 Å². The molecule has 0 atom stereocenters. The highest BCUT2D eigenvalue weighted by Crippen LogP contribution is 2.10. The van der Waals surface area contributed by atoms with Crippen molar-refractivity contribution in [1.29, 1.82) is 0 Å². The molecule has 0 N–H and O–H groups in total. The SMILES string of the molecule is Cc1cc(=O)c(CBr)nn1-c1cccc(F)c1. The minimum Gasteiger partial charge on any atom is -0.288 e. The van der Waals surface area contributed by atoms with Crippen LogP contribution in [-0.4, -0.2) is 9.78 Å². The number of alkyl halides is 1. The van der Waals surface area contributed by atoms with Gasteiger partial charge in [0, 0.05) is 11.8 Å². The molecule has 0 aliphatic heterocycles. The second-order valence-corrected chi connectivity index (χ2v) is 4.18. The summed E-state index contributed by atoms with van der Waals surface area (Å²) in [7, 11) is 0. The standard InChI is InChI=1S/C12H10BrFN2O/c1-8-5-12(17)11(7-13)15-16(8)10-4-2-3-9(14)6-10/h2-6H,7H2,1H3. The summed E-state index contributed by atoms with van der Waals surface area (Å²) in [6, 6.07) is 7.59. The van der Waals surface area contributed by atoms with E-state index in [1.807, 2.05) is 0 Å². The highest BCUT2D eigenvalue weighted by atomic mass is 79.9. The molecule has 0 aliphatic carbocycles. The highest BCUT2D eigenvalue weighted by Gasteiger charge is 2.06. The number of rotatable bonds is 2. The van der Waals surface area contributed by atoms with Crippen LogP contribution in [0.25, 0.3) is 5.69 Å². The Morgan fingerprint density at radius 2 is 2.18 bits per heavy atom. The fraction of sp³-hybridized carbons (Fsp3) is 0.167. The molecule has 3 nitrogen and oxygen atoms in total. The van der Waals surface area contributed by atoms with Crippen molar-refractivity contribution in [3.8, 4) is 5.69 Å². The second-order valence-electron chi connectivity index (χ2n) is 3.62. The Morgan fingerprint density at radius 3 is 2.82 bits per heavy atom. The van der Waals surface area contributed by atoms with Gasteiger partial charge < -0.3 is 0 Å². The number of aromatic nitrogens is 2. The van der Waals surface area contributed by atoms with Crippen LogP contribution in [0, 0.1) is 12.7 Å². The Balaban J connectivity index is 2.63. The fourth-order valence-corrected chi connectivity index (χ4v) is 1.93. The summed E-state index contributed by atoms with van der Waals surface area (Å²) < 4.78 is 14.7. The second kappa shape index (κ2) is 4.79. The van der Waals surface area contributed by atoms with Gasteiger partial charge in [0.05, 0.1) is 11.0 Å². The van der Waals surface area contributed by atoms with E-state index in [1.54, 1.807) is 23.7 Å². The number of hydrogen-bond acceptors (Lipinski definition) is 2. The monoisotopic (exact) mass is 296 g/mol. The van der Waals surface area contributed by atoms with Gasteiger partial charge in [-0.25, -0.2) is 9.07 Å². The third kappa shape index (κ3) is 2.44. The molecule has 0 bridgehead atoms. The zero-order chi connectivity index (χ0) is 12.4. The van der Waals surface area contributed by atoms with Crippen molar-refractivity contribution in [2.45, 2.75) is 12.3 Å². The van der Waals surface area contributed by atoms with Crippen molar-refractivity contribution in [1.82, 2.24) is 9.78 Å². The van der Waals surface area contributed by atoms with Crippen LogP contribution in [0.4, 0.5) is 4.39 Å². The zero-order valence-corrected chi connectivity index (χ0v) is 10.7. The molecule has 1 aromatic heterocycles. The maximum Gasteiger partial charge on any atom is 0.204 e. The first kappa shape index (κ1) is 12.0. The molecule has 17 heavy (non-hydrogen) atoms. The third-order valence-corrected chi connectivity index (χ3v) is 2.89. The largest absolute Gasteiger partial charge is 0.288 e. The number of nitrogens with zero attached hydrogens (tertiary/aromatic N) is 2. The lowest BCUT2D eigenvalue weighted by Gasteiger charge is -2.10. The molecule has 2 aromatic rings. The molecule has 88 valence electrons. The Bertz CT molecular complexity index is 610. The molecule has 0 aliphatic rings. The number of aryl methyl sites for hydroxylation is 1. The van der Waals surface area contributed by atoms with E-state index in [4.69, 9.17) is 0 Å². The Kier molecular flexibility index (Phi) is 3.38. The molecule has 0 fully saturated rings. The van der Waals surface area contributed by atoms with E-state index in [2.05, 4.69) is 21.0 Å². The number of halogens is 2. The van der Waals surface area contributed by atoms with E-state index < -0.39 is 0 Å². The van der Waals surface area contributed by atoms with Crippen LogP contribution < -0.4 is 5.43 Å². The van der Waals surface area contributed by atoms with E-state index in [1.165, 1.54) is 18.2 Å². The van der Waals surface area contributed by atoms with Crippen LogP contribution in [0.3, 0.4) is 0 Å². The minimum absolute atomic E-state index is 0.118. The van der Waals surface area contributed by atoms with Gasteiger partial charge in [0.25, 0.3) is 0 Å². The lowest BCUT2D eigenvalue weighted by Crippen LogP contribution is -2.17. The first-order chi connectivity index (χ1) is 8.11. The Morgan fingerprint density at radius 1 is 1.41 bits per heavy atom. The Labute approximate surface area is 106 Å². The average Bonchev–Trinajstić information content (AvgIpc) is 2.29. The molecular formula is C12H10BrFN2O. The lowest BCUT2D eigenvalue weighted by atomic mass is 10.3. The summed E-state index contributed by atoms with van der Waals surface area (Å²) in [5.74, 6) is -0.331. The van der Waals surface area contributed by atoms with Crippen LogP contribution in [0.1, 0.15) is 11.4 Å². The van der Waals surface area contributed by atoms with Gasteiger partial charge in [-0.3, -0.25) is 4.79 Å². The molecule has 0 amide bonds.